The molecule has 0 heterocycles. The molecule has 6 heavy (non-hydrogen) atoms. The van der Waals surface area contributed by atoms with Gasteiger partial charge in [-0.25, -0.2) is 0 Å². The normalized spacial score (nSPS) is 10.0. The van der Waals surface area contributed by atoms with Crippen LogP contribution in [0.4, 0.5) is 0 Å². The first-order valence-electron chi connectivity index (χ1n) is 1.72. The summed E-state index contributed by atoms with van der Waals surface area (Å²) in [5.74, 6) is 0. The van der Waals surface area contributed by atoms with Gasteiger partial charge in [-0.15, -0.1) is 0 Å². The van der Waals surface area contributed by atoms with E-state index in [2.05, 4.69) is 0 Å². The zero-order chi connectivity index (χ0) is 4.50. The van der Waals surface area contributed by atoms with Crippen LogP contribution in [0.3, 0.4) is 0 Å². The summed E-state index contributed by atoms with van der Waals surface area (Å²) in [6.45, 7) is 5.23. The van der Waals surface area contributed by atoms with Crippen molar-refractivity contribution in [2.75, 3.05) is 0 Å². The van der Waals surface area contributed by atoms with Crippen molar-refractivity contribution >= 4 is 24.4 Å². The van der Waals surface area contributed by atoms with Crippen LogP contribution < -0.4 is 0 Å². The zero-order valence-electron chi connectivity index (χ0n) is 4.65. The van der Waals surface area contributed by atoms with E-state index in [4.69, 9.17) is 5.11 Å². The van der Waals surface area contributed by atoms with Crippen molar-refractivity contribution in [3.8, 4) is 0 Å². The molecule has 0 aliphatic rings. The Morgan fingerprint density at radius 3 is 1.17 bits per heavy atom. The van der Waals surface area contributed by atoms with Crippen LogP contribution in [-0.2, 0) is 0 Å². The van der Waals surface area contributed by atoms with Crippen LogP contribution in [0.5, 0.6) is 0 Å². The predicted molar refractivity (Wildman–Crippen MR) is 31.9 cm³/mol. The van der Waals surface area contributed by atoms with Gasteiger partial charge in [0.2, 0.25) is 0 Å². The standard InChI is InChI=1S/C4H10O.Sb.3H/c1-4(2,3)5;;;;/h5H,1-3H3;;;;. The summed E-state index contributed by atoms with van der Waals surface area (Å²) >= 11 is 0. The van der Waals surface area contributed by atoms with E-state index < -0.39 is 5.60 Å². The summed E-state index contributed by atoms with van der Waals surface area (Å²) in [4.78, 5) is 0. The summed E-state index contributed by atoms with van der Waals surface area (Å²) in [5, 5.41) is 8.52. The molecule has 0 aromatic carbocycles. The van der Waals surface area contributed by atoms with Crippen molar-refractivity contribution in [2.24, 2.45) is 0 Å². The van der Waals surface area contributed by atoms with Gasteiger partial charge in [-0.2, -0.15) is 0 Å². The molecular formula is C4H13OSb. The second kappa shape index (κ2) is 2.87. The molecular weight excluding hydrogens is 186 g/mol. The Morgan fingerprint density at radius 2 is 1.17 bits per heavy atom. The third-order valence-electron chi connectivity index (χ3n) is 0. The van der Waals surface area contributed by atoms with E-state index in [-0.39, 0.29) is 24.4 Å². The van der Waals surface area contributed by atoms with Crippen LogP contribution in [0.2, 0.25) is 0 Å². The second-order valence-corrected chi connectivity index (χ2v) is 2.17. The molecule has 0 aliphatic heterocycles. The molecule has 0 saturated heterocycles. The fourth-order valence-electron chi connectivity index (χ4n) is 0. The monoisotopic (exact) mass is 198 g/mol. The van der Waals surface area contributed by atoms with Crippen LogP contribution in [0, 0.1) is 0 Å². The summed E-state index contributed by atoms with van der Waals surface area (Å²) in [6, 6.07) is 0. The van der Waals surface area contributed by atoms with Crippen LogP contribution in [-0.4, -0.2) is 35.1 Å². The van der Waals surface area contributed by atoms with Gasteiger partial charge in [0.25, 0.3) is 0 Å². The van der Waals surface area contributed by atoms with Gasteiger partial charge in [0.1, 0.15) is 0 Å². The molecule has 0 aromatic heterocycles. The molecule has 0 amide bonds. The summed E-state index contributed by atoms with van der Waals surface area (Å²) in [5.41, 5.74) is -0.500. The maximum atomic E-state index is 8.52. The van der Waals surface area contributed by atoms with Crippen molar-refractivity contribution in [1.82, 2.24) is 0 Å². The molecule has 0 atom stereocenters. The molecule has 0 unspecified atom stereocenters. The molecule has 40 valence electrons. The van der Waals surface area contributed by atoms with E-state index in [0.29, 0.717) is 0 Å². The number of rotatable bonds is 0. The SMILES string of the molecule is CC(C)(C)O.[SbH3]. The van der Waals surface area contributed by atoms with E-state index >= 15 is 0 Å². The van der Waals surface area contributed by atoms with Crippen molar-refractivity contribution in [1.29, 1.82) is 0 Å². The van der Waals surface area contributed by atoms with E-state index in [1.165, 1.54) is 0 Å². The van der Waals surface area contributed by atoms with Gasteiger partial charge in [0.05, 0.1) is 5.60 Å². The first kappa shape index (κ1) is 9.91. The Hall–Kier alpha value is 0.778. The Kier molecular flexibility index (Phi) is 4.74. The summed E-state index contributed by atoms with van der Waals surface area (Å²) in [6.07, 6.45) is 0. The fourth-order valence-corrected chi connectivity index (χ4v) is 0. The molecule has 0 aromatic rings. The van der Waals surface area contributed by atoms with Gasteiger partial charge < -0.3 is 5.11 Å². The summed E-state index contributed by atoms with van der Waals surface area (Å²) in [7, 11) is 0. The van der Waals surface area contributed by atoms with E-state index in [0.717, 1.165) is 0 Å². The maximum absolute atomic E-state index is 8.52. The Balaban J connectivity index is 0. The molecule has 0 radical (unpaired) electrons. The van der Waals surface area contributed by atoms with Crippen LogP contribution in [0.15, 0.2) is 0 Å². The number of hydrogen-bond acceptors (Lipinski definition) is 1. The first-order chi connectivity index (χ1) is 2.00. The van der Waals surface area contributed by atoms with Gasteiger partial charge in [-0.1, -0.05) is 0 Å². The molecule has 0 rings (SSSR count). The van der Waals surface area contributed by atoms with Crippen LogP contribution in [0.25, 0.3) is 0 Å². The Labute approximate surface area is 56.2 Å². The molecule has 1 nitrogen and oxygen atoms in total. The van der Waals surface area contributed by atoms with Crippen molar-refractivity contribution in [2.45, 2.75) is 26.4 Å². The van der Waals surface area contributed by atoms with E-state index in [9.17, 15) is 0 Å². The topological polar surface area (TPSA) is 20.2 Å². The molecule has 2 heteroatoms. The van der Waals surface area contributed by atoms with Gasteiger partial charge in [0.15, 0.2) is 0 Å². The Morgan fingerprint density at radius 1 is 1.17 bits per heavy atom. The van der Waals surface area contributed by atoms with Gasteiger partial charge in [-0.3, -0.25) is 0 Å². The third-order valence-corrected chi connectivity index (χ3v) is 0. The van der Waals surface area contributed by atoms with Gasteiger partial charge in [0, 0.05) is 0 Å². The van der Waals surface area contributed by atoms with Crippen molar-refractivity contribution in [3.05, 3.63) is 0 Å². The van der Waals surface area contributed by atoms with Crippen molar-refractivity contribution in [3.63, 3.8) is 0 Å². The van der Waals surface area contributed by atoms with Crippen molar-refractivity contribution < 1.29 is 5.11 Å². The quantitative estimate of drug-likeness (QED) is 0.526. The molecule has 0 fully saturated rings. The molecule has 0 spiro atoms. The average Bonchev–Trinajstić information content (AvgIpc) is 0.722. The van der Waals surface area contributed by atoms with E-state index in [1.54, 1.807) is 20.8 Å². The fraction of sp³-hybridized carbons (Fsp3) is 1.00. The Bertz CT molecular complexity index is 23.0. The van der Waals surface area contributed by atoms with E-state index in [1.807, 2.05) is 0 Å². The van der Waals surface area contributed by atoms with Gasteiger partial charge in [-0.05, 0) is 20.8 Å². The summed E-state index contributed by atoms with van der Waals surface area (Å²) < 4.78 is 0. The minimum absolute atomic E-state index is 0. The number of hydrogen-bond donors (Lipinski definition) is 1. The molecule has 0 aliphatic carbocycles. The van der Waals surface area contributed by atoms with Crippen LogP contribution in [0.1, 0.15) is 20.8 Å². The van der Waals surface area contributed by atoms with Gasteiger partial charge >= 0.3 is 24.4 Å². The molecule has 0 saturated carbocycles. The zero-order valence-corrected chi connectivity index (χ0v) is 8.69. The van der Waals surface area contributed by atoms with Crippen LogP contribution >= 0.6 is 0 Å². The predicted octanol–water partition coefficient (Wildman–Crippen LogP) is -0.407. The molecule has 0 bridgehead atoms. The molecule has 1 N–H and O–H groups in total. The first-order valence-corrected chi connectivity index (χ1v) is 1.72. The average molecular weight is 199 g/mol. The third kappa shape index (κ3) is 113. The minimum atomic E-state index is -0.500. The number of aliphatic hydroxyl groups is 1. The second-order valence-electron chi connectivity index (χ2n) is 2.17.